The van der Waals surface area contributed by atoms with E-state index in [9.17, 15) is 19.7 Å². The second-order valence-electron chi connectivity index (χ2n) is 5.42. The molecule has 2 rings (SSSR count). The third kappa shape index (κ3) is 6.31. The molecule has 0 radical (unpaired) electrons. The largest absolute Gasteiger partial charge is 0.494 e. The van der Waals surface area contributed by atoms with E-state index in [2.05, 4.69) is 10.9 Å². The second kappa shape index (κ2) is 9.76. The number of nitro groups is 1. The van der Waals surface area contributed by atoms with Crippen LogP contribution >= 0.6 is 0 Å². The molecule has 0 fully saturated rings. The summed E-state index contributed by atoms with van der Waals surface area (Å²) < 4.78 is 10.7. The molecule has 0 aliphatic rings. The number of nitro benzene ring substituents is 1. The van der Waals surface area contributed by atoms with Gasteiger partial charge in [0.05, 0.1) is 11.5 Å². The molecule has 9 heteroatoms. The third-order valence-electron chi connectivity index (χ3n) is 3.30. The van der Waals surface area contributed by atoms with Crippen molar-refractivity contribution in [3.63, 3.8) is 0 Å². The highest BCUT2D eigenvalue weighted by atomic mass is 16.6. The van der Waals surface area contributed by atoms with Gasteiger partial charge in [-0.25, -0.2) is 0 Å². The van der Waals surface area contributed by atoms with E-state index in [-0.39, 0.29) is 12.3 Å². The summed E-state index contributed by atoms with van der Waals surface area (Å²) in [4.78, 5) is 33.9. The zero-order valence-electron chi connectivity index (χ0n) is 14.6. The quantitative estimate of drug-likeness (QED) is 0.541. The van der Waals surface area contributed by atoms with Crippen LogP contribution in [0.3, 0.4) is 0 Å². The number of carbonyl (C=O) groups is 2. The summed E-state index contributed by atoms with van der Waals surface area (Å²) in [5.41, 5.74) is 4.76. The van der Waals surface area contributed by atoms with Gasteiger partial charge in [-0.3, -0.25) is 30.6 Å². The molecule has 2 N–H and O–H groups in total. The zero-order chi connectivity index (χ0) is 19.6. The number of rotatable bonds is 8. The van der Waals surface area contributed by atoms with Gasteiger partial charge in [-0.1, -0.05) is 13.0 Å². The number of carbonyl (C=O) groups excluding carboxylic acids is 2. The normalized spacial score (nSPS) is 9.96. The molecule has 0 atom stereocenters. The Bertz CT molecular complexity index is 807. The fourth-order valence-electron chi connectivity index (χ4n) is 1.99. The van der Waals surface area contributed by atoms with Crippen LogP contribution in [0.25, 0.3) is 0 Å². The summed E-state index contributed by atoms with van der Waals surface area (Å²) in [6.45, 7) is 2.16. The topological polar surface area (TPSA) is 120 Å². The van der Waals surface area contributed by atoms with Crippen molar-refractivity contribution in [2.75, 3.05) is 13.2 Å². The summed E-state index contributed by atoms with van der Waals surface area (Å²) in [5, 5.41) is 10.6. The van der Waals surface area contributed by atoms with E-state index in [1.165, 1.54) is 24.3 Å². The molecule has 0 unspecified atom stereocenters. The fraction of sp³-hybridized carbons (Fsp3) is 0.222. The Hall–Kier alpha value is -3.62. The van der Waals surface area contributed by atoms with Crippen LogP contribution < -0.4 is 20.3 Å². The molecular weight excluding hydrogens is 354 g/mol. The van der Waals surface area contributed by atoms with E-state index >= 15 is 0 Å². The minimum atomic E-state index is -0.583. The highest BCUT2D eigenvalue weighted by Crippen LogP contribution is 2.17. The molecule has 142 valence electrons. The van der Waals surface area contributed by atoms with Crippen LogP contribution in [-0.4, -0.2) is 30.0 Å². The lowest BCUT2D eigenvalue weighted by Gasteiger charge is -2.10. The molecule has 0 spiro atoms. The minimum absolute atomic E-state index is 0.0794. The van der Waals surface area contributed by atoms with E-state index in [0.717, 1.165) is 6.42 Å². The average molecular weight is 373 g/mol. The molecule has 0 saturated carbocycles. The van der Waals surface area contributed by atoms with Crippen molar-refractivity contribution in [2.45, 2.75) is 13.3 Å². The Morgan fingerprint density at radius 3 is 2.44 bits per heavy atom. The summed E-state index contributed by atoms with van der Waals surface area (Å²) in [7, 11) is 0. The lowest BCUT2D eigenvalue weighted by atomic mass is 10.2. The Morgan fingerprint density at radius 2 is 1.78 bits per heavy atom. The van der Waals surface area contributed by atoms with Gasteiger partial charge < -0.3 is 9.47 Å². The van der Waals surface area contributed by atoms with Gasteiger partial charge >= 0.3 is 0 Å². The highest BCUT2D eigenvalue weighted by Gasteiger charge is 2.10. The first-order valence-electron chi connectivity index (χ1n) is 8.19. The van der Waals surface area contributed by atoms with Crippen LogP contribution in [0.1, 0.15) is 23.7 Å². The number of hydrazine groups is 1. The van der Waals surface area contributed by atoms with Gasteiger partial charge in [-0.15, -0.1) is 0 Å². The summed E-state index contributed by atoms with van der Waals surface area (Å²) in [6.07, 6.45) is 0.848. The van der Waals surface area contributed by atoms with Gasteiger partial charge in [0.1, 0.15) is 11.5 Å². The van der Waals surface area contributed by atoms with Crippen LogP contribution in [0.5, 0.6) is 11.5 Å². The molecule has 2 amide bonds. The SMILES string of the molecule is CCCOc1cccc(C(=O)NNC(=O)COc2ccc([N+](=O)[O-])cc2)c1. The van der Waals surface area contributed by atoms with Gasteiger partial charge in [0, 0.05) is 17.7 Å². The fourth-order valence-corrected chi connectivity index (χ4v) is 1.99. The van der Waals surface area contributed by atoms with Crippen molar-refractivity contribution < 1.29 is 24.0 Å². The first kappa shape index (κ1) is 19.7. The Kier molecular flexibility index (Phi) is 7.12. The molecule has 0 saturated heterocycles. The van der Waals surface area contributed by atoms with Crippen LogP contribution in [0, 0.1) is 10.1 Å². The maximum Gasteiger partial charge on any atom is 0.276 e. The summed E-state index contributed by atoms with van der Waals surface area (Å²) in [5.74, 6) is -0.221. The van der Waals surface area contributed by atoms with Crippen molar-refractivity contribution in [1.29, 1.82) is 0 Å². The average Bonchev–Trinajstić information content (AvgIpc) is 2.69. The Morgan fingerprint density at radius 1 is 1.04 bits per heavy atom. The van der Waals surface area contributed by atoms with E-state index in [1.54, 1.807) is 24.3 Å². The van der Waals surface area contributed by atoms with Crippen molar-refractivity contribution in [1.82, 2.24) is 10.9 Å². The van der Waals surface area contributed by atoms with Crippen LogP contribution in [0.4, 0.5) is 5.69 Å². The van der Waals surface area contributed by atoms with Crippen molar-refractivity contribution in [3.8, 4) is 11.5 Å². The third-order valence-corrected chi connectivity index (χ3v) is 3.30. The van der Waals surface area contributed by atoms with Gasteiger partial charge in [-0.2, -0.15) is 0 Å². The molecule has 0 bridgehead atoms. The summed E-state index contributed by atoms with van der Waals surface area (Å²) >= 11 is 0. The minimum Gasteiger partial charge on any atom is -0.494 e. The smallest absolute Gasteiger partial charge is 0.276 e. The number of non-ortho nitro benzene ring substituents is 1. The predicted octanol–water partition coefficient (Wildman–Crippen LogP) is 2.22. The maximum atomic E-state index is 12.1. The van der Waals surface area contributed by atoms with Crippen molar-refractivity contribution in [3.05, 3.63) is 64.2 Å². The monoisotopic (exact) mass is 373 g/mol. The van der Waals surface area contributed by atoms with Crippen LogP contribution in [0.2, 0.25) is 0 Å². The first-order chi connectivity index (χ1) is 13.0. The second-order valence-corrected chi connectivity index (χ2v) is 5.42. The van der Waals surface area contributed by atoms with E-state index in [4.69, 9.17) is 9.47 Å². The number of nitrogens with one attached hydrogen (secondary N) is 2. The van der Waals surface area contributed by atoms with Gasteiger partial charge in [0.15, 0.2) is 6.61 Å². The van der Waals surface area contributed by atoms with Crippen LogP contribution in [-0.2, 0) is 4.79 Å². The number of benzene rings is 2. The number of hydrogen-bond acceptors (Lipinski definition) is 6. The Labute approximate surface area is 155 Å². The van der Waals surface area contributed by atoms with E-state index in [1.807, 2.05) is 6.92 Å². The zero-order valence-corrected chi connectivity index (χ0v) is 14.6. The highest BCUT2D eigenvalue weighted by molar-refractivity contribution is 5.95. The lowest BCUT2D eigenvalue weighted by molar-refractivity contribution is -0.384. The van der Waals surface area contributed by atoms with Crippen LogP contribution in [0.15, 0.2) is 48.5 Å². The molecule has 0 heterocycles. The van der Waals surface area contributed by atoms with Gasteiger partial charge in [0.25, 0.3) is 17.5 Å². The Balaban J connectivity index is 1.79. The molecular formula is C18H19N3O6. The van der Waals surface area contributed by atoms with Gasteiger partial charge in [-0.05, 0) is 36.8 Å². The number of hydrogen-bond donors (Lipinski definition) is 2. The molecule has 0 aromatic heterocycles. The molecule has 2 aromatic rings. The number of ether oxygens (including phenoxy) is 2. The molecule has 27 heavy (non-hydrogen) atoms. The lowest BCUT2D eigenvalue weighted by Crippen LogP contribution is -2.43. The van der Waals surface area contributed by atoms with E-state index in [0.29, 0.717) is 23.7 Å². The molecule has 2 aromatic carbocycles. The first-order valence-corrected chi connectivity index (χ1v) is 8.19. The molecule has 0 aliphatic carbocycles. The maximum absolute atomic E-state index is 12.1. The number of nitrogens with zero attached hydrogens (tertiary/aromatic N) is 1. The van der Waals surface area contributed by atoms with Gasteiger partial charge in [0.2, 0.25) is 0 Å². The summed E-state index contributed by atoms with van der Waals surface area (Å²) in [6, 6.07) is 11.9. The standard InChI is InChI=1S/C18H19N3O6/c1-2-10-26-16-5-3-4-13(11-16)18(23)20-19-17(22)12-27-15-8-6-14(7-9-15)21(24)25/h3-9,11H,2,10,12H2,1H3,(H,19,22)(H,20,23). The number of amides is 2. The molecule has 0 aliphatic heterocycles. The predicted molar refractivity (Wildman–Crippen MR) is 96.4 cm³/mol. The van der Waals surface area contributed by atoms with Crippen molar-refractivity contribution in [2.24, 2.45) is 0 Å². The van der Waals surface area contributed by atoms with Crippen molar-refractivity contribution >= 4 is 17.5 Å². The molecule has 9 nitrogen and oxygen atoms in total. The van der Waals surface area contributed by atoms with E-state index < -0.39 is 16.7 Å².